The van der Waals surface area contributed by atoms with E-state index >= 15 is 0 Å². The number of fused-ring (bicyclic) bond motifs is 16. The molecule has 0 saturated heterocycles. The number of rotatable bonds is 0. The van der Waals surface area contributed by atoms with E-state index in [1.807, 2.05) is 22.7 Å². The predicted octanol–water partition coefficient (Wildman–Crippen LogP) is 12.6. The molecule has 4 heteroatoms. The molecule has 5 heterocycles. The summed E-state index contributed by atoms with van der Waals surface area (Å²) in [6, 6.07) is 44.9. The summed E-state index contributed by atoms with van der Waals surface area (Å²) in [6.45, 7) is 0. The first kappa shape index (κ1) is 23.3. The molecule has 0 aliphatic carbocycles. The van der Waals surface area contributed by atoms with Crippen LogP contribution in [0.4, 0.5) is 0 Å². The molecule has 44 heavy (non-hydrogen) atoms. The first-order valence-electron chi connectivity index (χ1n) is 14.9. The first-order valence-corrected chi connectivity index (χ1v) is 16.6. The molecule has 0 radical (unpaired) electrons. The molecular weight excluding hydrogens is 573 g/mol. The molecule has 6 bridgehead atoms. The Kier molecular flexibility index (Phi) is 4.38. The zero-order valence-electron chi connectivity index (χ0n) is 23.4. The number of hydrogen-bond donors (Lipinski definition) is 2. The van der Waals surface area contributed by atoms with Crippen LogP contribution < -0.4 is 0 Å². The number of nitrogens with one attached hydrogen (secondary N) is 2. The van der Waals surface area contributed by atoms with E-state index in [4.69, 9.17) is 0 Å². The molecule has 5 aromatic heterocycles. The summed E-state index contributed by atoms with van der Waals surface area (Å²) in [7, 11) is 0. The van der Waals surface area contributed by atoms with Gasteiger partial charge in [0, 0.05) is 94.5 Å². The molecule has 0 fully saturated rings. The molecule has 2 nitrogen and oxygen atoms in total. The van der Waals surface area contributed by atoms with Crippen molar-refractivity contribution in [3.05, 3.63) is 121 Å². The van der Waals surface area contributed by atoms with Crippen LogP contribution in [-0.4, -0.2) is 9.97 Å². The summed E-state index contributed by atoms with van der Waals surface area (Å²) < 4.78 is 5.26. The summed E-state index contributed by atoms with van der Waals surface area (Å²) >= 11 is 3.81. The largest absolute Gasteiger partial charge is 0.354 e. The fourth-order valence-corrected chi connectivity index (χ4v) is 10.1. The van der Waals surface area contributed by atoms with Crippen LogP contribution in [0.1, 0.15) is 0 Å². The lowest BCUT2D eigenvalue weighted by atomic mass is 9.97. The van der Waals surface area contributed by atoms with Crippen LogP contribution in [0.15, 0.2) is 121 Å². The minimum Gasteiger partial charge on any atom is -0.354 e. The van der Waals surface area contributed by atoms with Crippen molar-refractivity contribution >= 4 is 128 Å². The molecule has 0 amide bonds. The molecule has 0 aliphatic heterocycles. The van der Waals surface area contributed by atoms with Gasteiger partial charge in [-0.3, -0.25) is 0 Å². The van der Waals surface area contributed by atoms with Crippen molar-refractivity contribution in [2.24, 2.45) is 0 Å². The average Bonchev–Trinajstić information content (AvgIpc) is 3.88. The standard InChI is InChI=1S/C40H22N2S2/c1-3-11-23-21(9-1)31-19-29-35-36-30-20-32(22-10-2-4-12-24(22)34-18-17-33(23)43-34)42-38(30)26-14-6-8-16-28(26)40(36)44-39(35)27-15-7-5-13-25(27)37(29)41-31/h1-20,41-42H. The number of aromatic amines is 2. The van der Waals surface area contributed by atoms with Crippen LogP contribution in [0.2, 0.25) is 0 Å². The molecule has 11 rings (SSSR count). The number of hydrogen-bond acceptors (Lipinski definition) is 2. The van der Waals surface area contributed by atoms with Gasteiger partial charge in [0.2, 0.25) is 0 Å². The van der Waals surface area contributed by atoms with E-state index in [1.54, 1.807) is 0 Å². The van der Waals surface area contributed by atoms with E-state index < -0.39 is 0 Å². The van der Waals surface area contributed by atoms with E-state index in [0.29, 0.717) is 0 Å². The molecule has 11 aromatic rings. The molecule has 0 atom stereocenters. The highest BCUT2D eigenvalue weighted by molar-refractivity contribution is 7.28. The van der Waals surface area contributed by atoms with Gasteiger partial charge >= 0.3 is 0 Å². The van der Waals surface area contributed by atoms with E-state index in [1.165, 1.54) is 94.5 Å². The number of H-pyrrole nitrogens is 2. The Morgan fingerprint density at radius 2 is 0.727 bits per heavy atom. The SMILES string of the molecule is c1ccc2c3ccc(s3)c3ccccc3c3cc4c([nH]3)c3ccccc3c3sc5c6ccccc6c6[nH]c(cc6c5c43)c2c1. The van der Waals surface area contributed by atoms with Crippen molar-refractivity contribution < 1.29 is 0 Å². The molecule has 0 saturated carbocycles. The minimum atomic E-state index is 1.16. The third-order valence-electron chi connectivity index (χ3n) is 9.54. The summed E-state index contributed by atoms with van der Waals surface area (Å²) in [6.07, 6.45) is 0. The average molecular weight is 595 g/mol. The van der Waals surface area contributed by atoms with Gasteiger partial charge in [-0.05, 0) is 24.3 Å². The number of thiophene rings is 2. The topological polar surface area (TPSA) is 31.6 Å². The normalized spacial score (nSPS) is 12.5. The van der Waals surface area contributed by atoms with Crippen molar-refractivity contribution in [1.82, 2.24) is 9.97 Å². The second kappa shape index (κ2) is 8.26. The van der Waals surface area contributed by atoms with Crippen LogP contribution in [0, 0.1) is 0 Å². The summed E-state index contributed by atoms with van der Waals surface area (Å²) in [5, 5.41) is 15.4. The summed E-state index contributed by atoms with van der Waals surface area (Å²) in [5.74, 6) is 0. The maximum Gasteiger partial charge on any atom is 0.0545 e. The van der Waals surface area contributed by atoms with Crippen LogP contribution in [0.5, 0.6) is 0 Å². The van der Waals surface area contributed by atoms with E-state index in [9.17, 15) is 0 Å². The van der Waals surface area contributed by atoms with E-state index in [-0.39, 0.29) is 0 Å². The second-order valence-corrected chi connectivity index (χ2v) is 13.9. The molecule has 0 spiro atoms. The molecule has 0 unspecified atom stereocenters. The van der Waals surface area contributed by atoms with Gasteiger partial charge in [-0.15, -0.1) is 22.7 Å². The van der Waals surface area contributed by atoms with Gasteiger partial charge in [0.05, 0.1) is 11.0 Å². The van der Waals surface area contributed by atoms with Crippen LogP contribution in [0.25, 0.3) is 106 Å². The Morgan fingerprint density at radius 1 is 0.341 bits per heavy atom. The Balaban J connectivity index is 1.56. The Labute approximate surface area is 258 Å². The fraction of sp³-hybridized carbons (Fsp3) is 0. The molecule has 2 N–H and O–H groups in total. The predicted molar refractivity (Wildman–Crippen MR) is 195 cm³/mol. The highest BCUT2D eigenvalue weighted by Crippen LogP contribution is 2.50. The highest BCUT2D eigenvalue weighted by Gasteiger charge is 2.21. The first-order chi connectivity index (χ1) is 21.8. The van der Waals surface area contributed by atoms with Crippen LogP contribution in [-0.2, 0) is 0 Å². The Morgan fingerprint density at radius 3 is 1.18 bits per heavy atom. The van der Waals surface area contributed by atoms with Crippen molar-refractivity contribution in [2.45, 2.75) is 0 Å². The third-order valence-corrected chi connectivity index (χ3v) is 11.9. The minimum absolute atomic E-state index is 1.16. The van der Waals surface area contributed by atoms with E-state index in [2.05, 4.69) is 131 Å². The van der Waals surface area contributed by atoms with Gasteiger partial charge in [0.25, 0.3) is 0 Å². The third kappa shape index (κ3) is 2.90. The van der Waals surface area contributed by atoms with Gasteiger partial charge in [-0.25, -0.2) is 0 Å². The highest BCUT2D eigenvalue weighted by atomic mass is 32.1. The quantitative estimate of drug-likeness (QED) is 0.175. The van der Waals surface area contributed by atoms with Crippen molar-refractivity contribution in [3.8, 4) is 0 Å². The van der Waals surface area contributed by atoms with Gasteiger partial charge in [-0.2, -0.15) is 0 Å². The van der Waals surface area contributed by atoms with Crippen molar-refractivity contribution in [3.63, 3.8) is 0 Å². The van der Waals surface area contributed by atoms with Crippen molar-refractivity contribution in [2.75, 3.05) is 0 Å². The summed E-state index contributed by atoms with van der Waals surface area (Å²) in [5.41, 5.74) is 4.73. The lowest BCUT2D eigenvalue weighted by Gasteiger charge is -2.05. The fourth-order valence-electron chi connectivity index (χ4n) is 7.63. The molecule has 204 valence electrons. The smallest absolute Gasteiger partial charge is 0.0545 e. The monoisotopic (exact) mass is 594 g/mol. The second-order valence-electron chi connectivity index (χ2n) is 11.8. The Hall–Kier alpha value is -5.16. The van der Waals surface area contributed by atoms with Gasteiger partial charge in [0.15, 0.2) is 0 Å². The molecule has 6 aromatic carbocycles. The van der Waals surface area contributed by atoms with E-state index in [0.717, 1.165) is 11.0 Å². The molecular formula is C40H22N2S2. The van der Waals surface area contributed by atoms with Crippen LogP contribution in [0.3, 0.4) is 0 Å². The maximum absolute atomic E-state index is 3.94. The maximum atomic E-state index is 3.94. The lowest BCUT2D eigenvalue weighted by molar-refractivity contribution is 1.58. The van der Waals surface area contributed by atoms with Gasteiger partial charge in [0.1, 0.15) is 0 Å². The zero-order valence-corrected chi connectivity index (χ0v) is 25.0. The number of benzene rings is 6. The Bertz CT molecular complexity index is 2850. The lowest BCUT2D eigenvalue weighted by Crippen LogP contribution is -1.79. The van der Waals surface area contributed by atoms with Crippen molar-refractivity contribution in [1.29, 1.82) is 0 Å². The van der Waals surface area contributed by atoms with Gasteiger partial charge in [-0.1, -0.05) is 97.1 Å². The van der Waals surface area contributed by atoms with Crippen LogP contribution >= 0.6 is 22.7 Å². The molecule has 0 aliphatic rings. The zero-order chi connectivity index (χ0) is 28.5. The summed E-state index contributed by atoms with van der Waals surface area (Å²) in [4.78, 5) is 7.88. The number of aromatic nitrogens is 2. The van der Waals surface area contributed by atoms with Gasteiger partial charge < -0.3 is 9.97 Å².